The van der Waals surface area contributed by atoms with Gasteiger partial charge in [-0.05, 0) is 34.9 Å². The number of rotatable bonds is 5. The lowest BCUT2D eigenvalue weighted by atomic mass is 9.95. The van der Waals surface area contributed by atoms with E-state index in [0.29, 0.717) is 11.5 Å². The Bertz CT molecular complexity index is 2540. The van der Waals surface area contributed by atoms with Crippen LogP contribution in [0.25, 0.3) is 89.1 Å². The minimum Gasteiger partial charge on any atom is -0.438 e. The molecule has 0 unspecified atom stereocenters. The molecule has 9 rings (SSSR count). The van der Waals surface area contributed by atoms with E-state index in [1.807, 2.05) is 54.6 Å². The third-order valence-corrected chi connectivity index (χ3v) is 8.74. The lowest BCUT2D eigenvalue weighted by Crippen LogP contribution is -1.96. The average molecular weight is 602 g/mol. The molecule has 0 atom stereocenters. The van der Waals surface area contributed by atoms with Crippen LogP contribution in [0.15, 0.2) is 168 Å². The van der Waals surface area contributed by atoms with Gasteiger partial charge in [0.2, 0.25) is 5.71 Å². The Morgan fingerprint density at radius 1 is 0.383 bits per heavy atom. The van der Waals surface area contributed by atoms with Crippen molar-refractivity contribution in [2.45, 2.75) is 0 Å². The van der Waals surface area contributed by atoms with Crippen molar-refractivity contribution in [2.24, 2.45) is 0 Å². The van der Waals surface area contributed by atoms with Gasteiger partial charge in [-0.25, -0.2) is 15.0 Å². The maximum Gasteiger partial charge on any atom is 0.228 e. The lowest BCUT2D eigenvalue weighted by molar-refractivity contribution is 0.656. The molecular formula is C43H27N3O. The van der Waals surface area contributed by atoms with Gasteiger partial charge in [-0.15, -0.1) is 0 Å². The largest absolute Gasteiger partial charge is 0.438 e. The molecule has 0 radical (unpaired) electrons. The van der Waals surface area contributed by atoms with E-state index in [4.69, 9.17) is 19.4 Å². The van der Waals surface area contributed by atoms with Crippen LogP contribution in [0.3, 0.4) is 0 Å². The standard InChI is InChI=1S/C43H27N3O/c1-3-11-28(12-4-1)29-19-21-31(22-20-29)38-27-37(30-13-5-2-6-14-30)44-42(45-38)33-25-23-32(24-26-33)40-34-15-7-9-17-36(34)46-43-41(40)35-16-8-10-18-39(35)47-43/h1-27H. The molecule has 0 aliphatic heterocycles. The molecule has 4 nitrogen and oxygen atoms in total. The number of hydrogen-bond donors (Lipinski definition) is 0. The first-order valence-electron chi connectivity index (χ1n) is 15.7. The number of aromatic nitrogens is 3. The summed E-state index contributed by atoms with van der Waals surface area (Å²) < 4.78 is 6.23. The summed E-state index contributed by atoms with van der Waals surface area (Å²) in [5.74, 6) is 0.679. The summed E-state index contributed by atoms with van der Waals surface area (Å²) in [6, 6.07) is 56.3. The first kappa shape index (κ1) is 27.0. The van der Waals surface area contributed by atoms with E-state index in [1.165, 1.54) is 11.1 Å². The number of para-hydroxylation sites is 2. The average Bonchev–Trinajstić information content (AvgIpc) is 3.52. The fourth-order valence-electron chi connectivity index (χ4n) is 6.41. The van der Waals surface area contributed by atoms with Crippen molar-refractivity contribution in [2.75, 3.05) is 0 Å². The zero-order valence-electron chi connectivity index (χ0n) is 25.3. The Labute approximate surface area is 271 Å². The Hall–Kier alpha value is -6.39. The lowest BCUT2D eigenvalue weighted by Gasteiger charge is -2.12. The summed E-state index contributed by atoms with van der Waals surface area (Å²) in [6.45, 7) is 0. The second-order valence-electron chi connectivity index (χ2n) is 11.6. The molecule has 0 N–H and O–H groups in total. The highest BCUT2D eigenvalue weighted by atomic mass is 16.3. The molecule has 3 heterocycles. The minimum atomic E-state index is 0.644. The zero-order chi connectivity index (χ0) is 31.2. The summed E-state index contributed by atoms with van der Waals surface area (Å²) in [7, 11) is 0. The predicted molar refractivity (Wildman–Crippen MR) is 192 cm³/mol. The van der Waals surface area contributed by atoms with Gasteiger partial charge in [0.05, 0.1) is 22.3 Å². The van der Waals surface area contributed by atoms with Crippen molar-refractivity contribution in [3.63, 3.8) is 0 Å². The first-order valence-corrected chi connectivity index (χ1v) is 15.7. The molecule has 47 heavy (non-hydrogen) atoms. The van der Waals surface area contributed by atoms with E-state index in [1.54, 1.807) is 0 Å². The number of furan rings is 1. The van der Waals surface area contributed by atoms with Gasteiger partial charge in [-0.2, -0.15) is 0 Å². The Morgan fingerprint density at radius 2 is 0.894 bits per heavy atom. The number of benzene rings is 6. The van der Waals surface area contributed by atoms with Crippen molar-refractivity contribution >= 4 is 33.0 Å². The van der Waals surface area contributed by atoms with E-state index in [2.05, 4.69) is 109 Å². The molecule has 4 heteroatoms. The van der Waals surface area contributed by atoms with Crippen LogP contribution < -0.4 is 0 Å². The van der Waals surface area contributed by atoms with Crippen molar-refractivity contribution in [1.29, 1.82) is 0 Å². The van der Waals surface area contributed by atoms with Crippen molar-refractivity contribution in [1.82, 2.24) is 15.0 Å². The van der Waals surface area contributed by atoms with Crippen LogP contribution >= 0.6 is 0 Å². The van der Waals surface area contributed by atoms with Crippen LogP contribution in [0.1, 0.15) is 0 Å². The Balaban J connectivity index is 1.17. The van der Waals surface area contributed by atoms with E-state index >= 15 is 0 Å². The highest BCUT2D eigenvalue weighted by molar-refractivity contribution is 6.18. The summed E-state index contributed by atoms with van der Waals surface area (Å²) in [5, 5.41) is 3.17. The van der Waals surface area contributed by atoms with Crippen LogP contribution in [0.4, 0.5) is 0 Å². The van der Waals surface area contributed by atoms with Gasteiger partial charge in [-0.3, -0.25) is 0 Å². The highest BCUT2D eigenvalue weighted by Crippen LogP contribution is 2.40. The normalized spacial score (nSPS) is 11.4. The van der Waals surface area contributed by atoms with Gasteiger partial charge < -0.3 is 4.42 Å². The summed E-state index contributed by atoms with van der Waals surface area (Å²) in [5.41, 5.74) is 11.7. The second kappa shape index (κ2) is 11.2. The molecule has 6 aromatic carbocycles. The summed E-state index contributed by atoms with van der Waals surface area (Å²) >= 11 is 0. The number of fused-ring (bicyclic) bond motifs is 4. The van der Waals surface area contributed by atoms with E-state index < -0.39 is 0 Å². The molecule has 0 bridgehead atoms. The van der Waals surface area contributed by atoms with Crippen LogP contribution in [0.5, 0.6) is 0 Å². The number of pyridine rings is 1. The molecule has 0 spiro atoms. The fraction of sp³-hybridized carbons (Fsp3) is 0. The van der Waals surface area contributed by atoms with Gasteiger partial charge in [0.15, 0.2) is 5.82 Å². The Morgan fingerprint density at radius 3 is 1.62 bits per heavy atom. The maximum absolute atomic E-state index is 6.23. The molecule has 0 aliphatic rings. The van der Waals surface area contributed by atoms with Crippen molar-refractivity contribution in [3.05, 3.63) is 164 Å². The van der Waals surface area contributed by atoms with Crippen molar-refractivity contribution in [3.8, 4) is 56.2 Å². The zero-order valence-corrected chi connectivity index (χ0v) is 25.3. The SMILES string of the molecule is c1ccc(-c2ccc(-c3cc(-c4ccccc4)nc(-c4ccc(-c5c6ccccc6nc6oc7ccccc7c56)cc4)n3)cc2)cc1. The molecule has 9 aromatic rings. The maximum atomic E-state index is 6.23. The van der Waals surface area contributed by atoms with Crippen molar-refractivity contribution < 1.29 is 4.42 Å². The molecule has 0 saturated carbocycles. The molecule has 0 fully saturated rings. The van der Waals surface area contributed by atoms with E-state index in [9.17, 15) is 0 Å². The van der Waals surface area contributed by atoms with E-state index in [-0.39, 0.29) is 0 Å². The third-order valence-electron chi connectivity index (χ3n) is 8.74. The predicted octanol–water partition coefficient (Wildman–Crippen LogP) is 11.3. The number of hydrogen-bond acceptors (Lipinski definition) is 4. The topological polar surface area (TPSA) is 51.8 Å². The molecule has 0 aliphatic carbocycles. The molecule has 0 amide bonds. The summed E-state index contributed by atoms with van der Waals surface area (Å²) in [4.78, 5) is 15.0. The fourth-order valence-corrected chi connectivity index (χ4v) is 6.41. The highest BCUT2D eigenvalue weighted by Gasteiger charge is 2.18. The first-order chi connectivity index (χ1) is 23.3. The third kappa shape index (κ3) is 4.84. The molecule has 0 saturated heterocycles. The smallest absolute Gasteiger partial charge is 0.228 e. The van der Waals surface area contributed by atoms with E-state index in [0.717, 1.165) is 66.5 Å². The molecular weight excluding hydrogens is 574 g/mol. The van der Waals surface area contributed by atoms with Crippen LogP contribution in [0.2, 0.25) is 0 Å². The van der Waals surface area contributed by atoms with Gasteiger partial charge in [0.25, 0.3) is 0 Å². The second-order valence-corrected chi connectivity index (χ2v) is 11.6. The van der Waals surface area contributed by atoms with Gasteiger partial charge in [-0.1, -0.05) is 146 Å². The number of nitrogens with zero attached hydrogens (tertiary/aromatic N) is 3. The molecule has 3 aromatic heterocycles. The van der Waals surface area contributed by atoms with Crippen LogP contribution in [-0.2, 0) is 0 Å². The van der Waals surface area contributed by atoms with Crippen LogP contribution in [-0.4, -0.2) is 15.0 Å². The monoisotopic (exact) mass is 601 g/mol. The van der Waals surface area contributed by atoms with Crippen LogP contribution in [0, 0.1) is 0 Å². The van der Waals surface area contributed by atoms with Gasteiger partial charge in [0.1, 0.15) is 5.58 Å². The Kier molecular flexibility index (Phi) is 6.43. The summed E-state index contributed by atoms with van der Waals surface area (Å²) in [6.07, 6.45) is 0. The minimum absolute atomic E-state index is 0.644. The molecule has 220 valence electrons. The quantitative estimate of drug-likeness (QED) is 0.197. The van der Waals surface area contributed by atoms with Gasteiger partial charge >= 0.3 is 0 Å². The van der Waals surface area contributed by atoms with Gasteiger partial charge in [0, 0.05) is 33.0 Å².